The van der Waals surface area contributed by atoms with Crippen molar-refractivity contribution in [2.75, 3.05) is 0 Å². The second kappa shape index (κ2) is 7.65. The summed E-state index contributed by atoms with van der Waals surface area (Å²) in [6, 6.07) is 16.2. The van der Waals surface area contributed by atoms with Gasteiger partial charge >= 0.3 is 6.55 Å². The molecule has 1 atom stereocenters. The number of thioether (sulfide) groups is 1. The Labute approximate surface area is 148 Å². The van der Waals surface area contributed by atoms with Gasteiger partial charge in [0.05, 0.1) is 16.3 Å². The molecule has 1 unspecified atom stereocenters. The number of fused-ring (bicyclic) bond motifs is 1. The van der Waals surface area contributed by atoms with Crippen molar-refractivity contribution in [3.8, 4) is 0 Å². The van der Waals surface area contributed by atoms with E-state index in [0.717, 1.165) is 21.9 Å². The summed E-state index contributed by atoms with van der Waals surface area (Å²) in [5.41, 5.74) is 1.83. The van der Waals surface area contributed by atoms with Crippen LogP contribution in [0.2, 0.25) is 0 Å². The van der Waals surface area contributed by atoms with E-state index in [-0.39, 0.29) is 11.1 Å². The van der Waals surface area contributed by atoms with E-state index < -0.39 is 11.8 Å². The van der Waals surface area contributed by atoms with Crippen LogP contribution in [-0.2, 0) is 11.3 Å². The monoisotopic (exact) mass is 361 g/mol. The molecule has 0 aliphatic rings. The molecule has 0 saturated carbocycles. The largest absolute Gasteiger partial charge is 0.351 e. The van der Waals surface area contributed by atoms with Crippen LogP contribution in [0.25, 0.3) is 11.0 Å². The molecule has 1 aromatic heterocycles. The number of alkyl halides is 2. The van der Waals surface area contributed by atoms with E-state index in [4.69, 9.17) is 0 Å². The van der Waals surface area contributed by atoms with Gasteiger partial charge in [-0.3, -0.25) is 9.36 Å². The normalized spacial score (nSPS) is 12.5. The zero-order chi connectivity index (χ0) is 17.8. The average molecular weight is 361 g/mol. The Balaban J connectivity index is 1.72. The van der Waals surface area contributed by atoms with Gasteiger partial charge in [0.25, 0.3) is 0 Å². The first-order valence-electron chi connectivity index (χ1n) is 7.79. The van der Waals surface area contributed by atoms with E-state index in [1.54, 1.807) is 31.2 Å². The predicted octanol–water partition coefficient (Wildman–Crippen LogP) is 4.23. The van der Waals surface area contributed by atoms with Crippen LogP contribution in [0.4, 0.5) is 8.78 Å². The van der Waals surface area contributed by atoms with Crippen LogP contribution < -0.4 is 5.32 Å². The number of amides is 1. The van der Waals surface area contributed by atoms with Crippen molar-refractivity contribution in [2.45, 2.75) is 30.4 Å². The van der Waals surface area contributed by atoms with E-state index in [0.29, 0.717) is 17.6 Å². The number of imidazole rings is 1. The van der Waals surface area contributed by atoms with Crippen LogP contribution >= 0.6 is 11.8 Å². The summed E-state index contributed by atoms with van der Waals surface area (Å²) >= 11 is 1.03. The van der Waals surface area contributed by atoms with E-state index in [2.05, 4.69) is 10.3 Å². The summed E-state index contributed by atoms with van der Waals surface area (Å²) in [5, 5.41) is 2.41. The highest BCUT2D eigenvalue weighted by molar-refractivity contribution is 8.00. The van der Waals surface area contributed by atoms with Crippen molar-refractivity contribution in [2.24, 2.45) is 0 Å². The average Bonchev–Trinajstić information content (AvgIpc) is 2.98. The van der Waals surface area contributed by atoms with E-state index in [1.807, 2.05) is 30.3 Å². The van der Waals surface area contributed by atoms with Gasteiger partial charge in [-0.05, 0) is 24.6 Å². The molecule has 1 N–H and O–H groups in total. The van der Waals surface area contributed by atoms with Gasteiger partial charge in [0.2, 0.25) is 5.91 Å². The van der Waals surface area contributed by atoms with Gasteiger partial charge in [-0.15, -0.1) is 0 Å². The van der Waals surface area contributed by atoms with Crippen LogP contribution in [0.5, 0.6) is 0 Å². The van der Waals surface area contributed by atoms with Crippen LogP contribution in [0.3, 0.4) is 0 Å². The molecule has 0 bridgehead atoms. The first-order chi connectivity index (χ1) is 12.1. The molecule has 7 heteroatoms. The summed E-state index contributed by atoms with van der Waals surface area (Å²) in [5.74, 6) is -0.221. The molecule has 0 radical (unpaired) electrons. The van der Waals surface area contributed by atoms with Crippen molar-refractivity contribution in [3.05, 3.63) is 60.2 Å². The third-order valence-corrected chi connectivity index (χ3v) is 4.79. The lowest BCUT2D eigenvalue weighted by molar-refractivity contribution is -0.120. The molecule has 1 heterocycles. The van der Waals surface area contributed by atoms with Crippen LogP contribution in [0.1, 0.15) is 19.0 Å². The number of rotatable bonds is 6. The summed E-state index contributed by atoms with van der Waals surface area (Å²) in [6.07, 6.45) is 0. The van der Waals surface area contributed by atoms with Gasteiger partial charge in [0.1, 0.15) is 0 Å². The van der Waals surface area contributed by atoms with Crippen molar-refractivity contribution in [3.63, 3.8) is 0 Å². The first-order valence-corrected chi connectivity index (χ1v) is 8.67. The Bertz CT molecular complexity index is 867. The van der Waals surface area contributed by atoms with Crippen LogP contribution in [-0.4, -0.2) is 20.7 Å². The fraction of sp³-hybridized carbons (Fsp3) is 0.222. The Morgan fingerprint density at radius 3 is 2.56 bits per heavy atom. The Morgan fingerprint density at radius 2 is 1.84 bits per heavy atom. The lowest BCUT2D eigenvalue weighted by Gasteiger charge is -2.13. The second-order valence-electron chi connectivity index (χ2n) is 5.49. The topological polar surface area (TPSA) is 46.9 Å². The molecule has 0 spiro atoms. The molecule has 3 aromatic rings. The second-order valence-corrected chi connectivity index (χ2v) is 6.80. The fourth-order valence-corrected chi connectivity index (χ4v) is 3.38. The molecule has 2 aromatic carbocycles. The minimum absolute atomic E-state index is 0.138. The minimum atomic E-state index is -2.71. The number of halogens is 2. The van der Waals surface area contributed by atoms with Crippen molar-refractivity contribution in [1.82, 2.24) is 14.9 Å². The molecule has 0 saturated heterocycles. The van der Waals surface area contributed by atoms with Gasteiger partial charge in [-0.25, -0.2) is 4.98 Å². The standard InChI is InChI=1S/C18H17F2N3OS/c1-12(16(24)21-11-13-7-3-2-4-8-13)25-18-22-14-9-5-6-10-15(14)23(18)17(19)20/h2-10,12,17H,11H2,1H3,(H,21,24). The predicted molar refractivity (Wildman–Crippen MR) is 94.6 cm³/mol. The first kappa shape index (κ1) is 17.4. The number of nitrogens with zero attached hydrogens (tertiary/aromatic N) is 2. The number of hydrogen-bond donors (Lipinski definition) is 1. The maximum atomic E-state index is 13.4. The molecular formula is C18H17F2N3OS. The van der Waals surface area contributed by atoms with Gasteiger partial charge in [0.15, 0.2) is 5.16 Å². The Kier molecular flexibility index (Phi) is 5.33. The van der Waals surface area contributed by atoms with Crippen LogP contribution in [0.15, 0.2) is 59.8 Å². The summed E-state index contributed by atoms with van der Waals surface area (Å²) in [7, 11) is 0. The van der Waals surface area contributed by atoms with Gasteiger partial charge < -0.3 is 5.32 Å². The van der Waals surface area contributed by atoms with E-state index in [1.165, 1.54) is 0 Å². The maximum absolute atomic E-state index is 13.4. The molecule has 0 aliphatic heterocycles. The van der Waals surface area contributed by atoms with Crippen molar-refractivity contribution in [1.29, 1.82) is 0 Å². The Hall–Kier alpha value is -2.41. The fourth-order valence-electron chi connectivity index (χ4n) is 2.43. The van der Waals surface area contributed by atoms with Gasteiger partial charge in [-0.1, -0.05) is 54.2 Å². The molecule has 3 rings (SSSR count). The number of nitrogens with one attached hydrogen (secondary N) is 1. The molecular weight excluding hydrogens is 344 g/mol. The lowest BCUT2D eigenvalue weighted by Crippen LogP contribution is -2.30. The van der Waals surface area contributed by atoms with Gasteiger partial charge in [-0.2, -0.15) is 8.78 Å². The third-order valence-electron chi connectivity index (χ3n) is 3.72. The molecule has 0 aliphatic carbocycles. The Morgan fingerprint density at radius 1 is 1.16 bits per heavy atom. The summed E-state index contributed by atoms with van der Waals surface area (Å²) in [6.45, 7) is -0.634. The molecule has 4 nitrogen and oxygen atoms in total. The highest BCUT2D eigenvalue weighted by Crippen LogP contribution is 2.31. The molecule has 130 valence electrons. The SMILES string of the molecule is CC(Sc1nc2ccccc2n1C(F)F)C(=O)NCc1ccccc1. The lowest BCUT2D eigenvalue weighted by atomic mass is 10.2. The van der Waals surface area contributed by atoms with E-state index in [9.17, 15) is 13.6 Å². The summed E-state index contributed by atoms with van der Waals surface area (Å²) < 4.78 is 27.7. The molecule has 25 heavy (non-hydrogen) atoms. The van der Waals surface area contributed by atoms with Crippen molar-refractivity contribution >= 4 is 28.7 Å². The minimum Gasteiger partial charge on any atom is -0.351 e. The third kappa shape index (κ3) is 3.99. The van der Waals surface area contributed by atoms with Crippen LogP contribution in [0, 0.1) is 0 Å². The molecule has 0 fully saturated rings. The zero-order valence-corrected chi connectivity index (χ0v) is 14.3. The quantitative estimate of drug-likeness (QED) is 0.669. The molecule has 1 amide bonds. The van der Waals surface area contributed by atoms with Gasteiger partial charge in [0, 0.05) is 6.54 Å². The number of carbonyl (C=O) groups is 1. The van der Waals surface area contributed by atoms with E-state index >= 15 is 0 Å². The summed E-state index contributed by atoms with van der Waals surface area (Å²) in [4.78, 5) is 16.5. The number of benzene rings is 2. The number of carbonyl (C=O) groups excluding carboxylic acids is 1. The van der Waals surface area contributed by atoms with Crippen molar-refractivity contribution < 1.29 is 13.6 Å². The smallest absolute Gasteiger partial charge is 0.321 e. The highest BCUT2D eigenvalue weighted by atomic mass is 32.2. The maximum Gasteiger partial charge on any atom is 0.321 e. The number of aromatic nitrogens is 2. The highest BCUT2D eigenvalue weighted by Gasteiger charge is 2.22. The zero-order valence-electron chi connectivity index (χ0n) is 13.5. The number of hydrogen-bond acceptors (Lipinski definition) is 3. The number of para-hydroxylation sites is 2.